The zero-order chi connectivity index (χ0) is 25.2. The molecule has 2 aliphatic carbocycles. The molecule has 7 nitrogen and oxygen atoms in total. The molecule has 186 valence electrons. The molecular weight excluding hydrogens is 444 g/mol. The highest BCUT2D eigenvalue weighted by molar-refractivity contribution is 5.82. The minimum absolute atomic E-state index is 0.00267. The van der Waals surface area contributed by atoms with E-state index in [1.807, 2.05) is 45.0 Å². The molecule has 0 saturated heterocycles. The van der Waals surface area contributed by atoms with Crippen LogP contribution in [0.15, 0.2) is 48.5 Å². The van der Waals surface area contributed by atoms with Gasteiger partial charge in [0.15, 0.2) is 0 Å². The Bertz CT molecular complexity index is 1060. The summed E-state index contributed by atoms with van der Waals surface area (Å²) in [5, 5.41) is 15.0. The highest BCUT2D eigenvalue weighted by atomic mass is 16.5. The highest BCUT2D eigenvalue weighted by Gasteiger charge is 2.43. The van der Waals surface area contributed by atoms with Crippen molar-refractivity contribution >= 4 is 18.0 Å². The van der Waals surface area contributed by atoms with E-state index < -0.39 is 18.0 Å². The van der Waals surface area contributed by atoms with Gasteiger partial charge < -0.3 is 20.5 Å². The Morgan fingerprint density at radius 2 is 1.60 bits per heavy atom. The van der Waals surface area contributed by atoms with Crippen molar-refractivity contribution in [3.8, 4) is 11.1 Å². The molecule has 1 unspecified atom stereocenters. The number of hydrogen-bond donors (Lipinski definition) is 3. The smallest absolute Gasteiger partial charge is 0.407 e. The molecule has 0 spiro atoms. The summed E-state index contributed by atoms with van der Waals surface area (Å²) >= 11 is 0. The van der Waals surface area contributed by atoms with Crippen molar-refractivity contribution in [2.45, 2.75) is 39.5 Å². The number of alkyl carbamates (subject to hydrolysis) is 1. The van der Waals surface area contributed by atoms with Crippen molar-refractivity contribution in [2.24, 2.45) is 23.2 Å². The number of aliphatic carboxylic acids is 1. The normalized spacial score (nSPS) is 19.3. The summed E-state index contributed by atoms with van der Waals surface area (Å²) in [5.74, 6) is -1.82. The number of amides is 2. The summed E-state index contributed by atoms with van der Waals surface area (Å²) in [7, 11) is 0. The van der Waals surface area contributed by atoms with Gasteiger partial charge in [-0.3, -0.25) is 9.59 Å². The molecule has 1 fully saturated rings. The Morgan fingerprint density at radius 3 is 2.17 bits per heavy atom. The van der Waals surface area contributed by atoms with Crippen molar-refractivity contribution in [3.63, 3.8) is 0 Å². The first kappa shape index (κ1) is 24.8. The number of ether oxygens (including phenoxy) is 1. The Hall–Kier alpha value is -3.35. The average molecular weight is 479 g/mol. The van der Waals surface area contributed by atoms with Crippen LogP contribution < -0.4 is 10.6 Å². The summed E-state index contributed by atoms with van der Waals surface area (Å²) in [5.41, 5.74) is 4.54. The molecule has 2 aromatic carbocycles. The quantitative estimate of drug-likeness (QED) is 0.495. The molecule has 3 N–H and O–H groups in total. The van der Waals surface area contributed by atoms with Gasteiger partial charge in [0.2, 0.25) is 5.91 Å². The molecule has 1 saturated carbocycles. The van der Waals surface area contributed by atoms with E-state index in [4.69, 9.17) is 4.74 Å². The van der Waals surface area contributed by atoms with Crippen LogP contribution in [0, 0.1) is 23.2 Å². The Kier molecular flexibility index (Phi) is 7.15. The lowest BCUT2D eigenvalue weighted by Crippen LogP contribution is -2.36. The third-order valence-corrected chi connectivity index (χ3v) is 6.84. The van der Waals surface area contributed by atoms with Crippen LogP contribution in [0.25, 0.3) is 11.1 Å². The molecule has 0 radical (unpaired) electrons. The van der Waals surface area contributed by atoms with E-state index in [1.165, 1.54) is 11.1 Å². The number of carboxylic acid groups (broad SMARTS) is 1. The highest BCUT2D eigenvalue weighted by Crippen LogP contribution is 2.44. The lowest BCUT2D eigenvalue weighted by molar-refractivity contribution is -0.142. The van der Waals surface area contributed by atoms with E-state index in [2.05, 4.69) is 34.9 Å². The van der Waals surface area contributed by atoms with E-state index in [0.717, 1.165) is 11.1 Å². The Balaban J connectivity index is 1.21. The fourth-order valence-electron chi connectivity index (χ4n) is 5.00. The monoisotopic (exact) mass is 478 g/mol. The van der Waals surface area contributed by atoms with Crippen LogP contribution in [-0.2, 0) is 14.3 Å². The zero-order valence-corrected chi connectivity index (χ0v) is 20.5. The standard InChI is InChI=1S/C28H34N2O5/c1-28(2,3)13-18(26(32)33)15-29-25(31)23-12-17(23)14-30-27(34)35-16-24-21-10-6-4-8-19(21)20-9-5-7-11-22(20)24/h4-11,17-18,23-24H,12-16H2,1-3H3,(H,29,31)(H,30,34)(H,32,33)/t17-,18?,23-/m0/s1. The second kappa shape index (κ2) is 10.1. The van der Waals surface area contributed by atoms with Gasteiger partial charge in [0, 0.05) is 24.9 Å². The second-order valence-corrected chi connectivity index (χ2v) is 10.9. The molecule has 3 atom stereocenters. The Labute approximate surface area is 206 Å². The molecule has 2 aromatic rings. The maximum atomic E-state index is 12.4. The van der Waals surface area contributed by atoms with Crippen LogP contribution in [0.5, 0.6) is 0 Å². The van der Waals surface area contributed by atoms with Gasteiger partial charge in [0.05, 0.1) is 5.92 Å². The maximum absolute atomic E-state index is 12.4. The second-order valence-electron chi connectivity index (χ2n) is 10.9. The molecule has 4 rings (SSSR count). The topological polar surface area (TPSA) is 105 Å². The van der Waals surface area contributed by atoms with Crippen molar-refractivity contribution in [1.82, 2.24) is 10.6 Å². The van der Waals surface area contributed by atoms with E-state index in [0.29, 0.717) is 19.4 Å². The first-order valence-electron chi connectivity index (χ1n) is 12.2. The van der Waals surface area contributed by atoms with Crippen LogP contribution in [0.3, 0.4) is 0 Å². The van der Waals surface area contributed by atoms with Crippen molar-refractivity contribution in [1.29, 1.82) is 0 Å². The largest absolute Gasteiger partial charge is 0.481 e. The van der Waals surface area contributed by atoms with E-state index in [9.17, 15) is 19.5 Å². The number of carboxylic acids is 1. The van der Waals surface area contributed by atoms with Crippen LogP contribution in [0.4, 0.5) is 4.79 Å². The molecule has 2 aliphatic rings. The summed E-state index contributed by atoms with van der Waals surface area (Å²) < 4.78 is 5.55. The predicted molar refractivity (Wildman–Crippen MR) is 133 cm³/mol. The van der Waals surface area contributed by atoms with Gasteiger partial charge in [0.25, 0.3) is 0 Å². The maximum Gasteiger partial charge on any atom is 0.407 e. The number of carbonyl (C=O) groups excluding carboxylic acids is 2. The fraction of sp³-hybridized carbons (Fsp3) is 0.464. The number of hydrogen-bond acceptors (Lipinski definition) is 4. The number of nitrogens with one attached hydrogen (secondary N) is 2. The summed E-state index contributed by atoms with van der Waals surface area (Å²) in [6, 6.07) is 16.4. The zero-order valence-electron chi connectivity index (χ0n) is 20.5. The third kappa shape index (κ3) is 6.02. The van der Waals surface area contributed by atoms with Gasteiger partial charge in [-0.15, -0.1) is 0 Å². The van der Waals surface area contributed by atoms with Crippen molar-refractivity contribution in [3.05, 3.63) is 59.7 Å². The minimum atomic E-state index is -0.899. The number of benzene rings is 2. The van der Waals surface area contributed by atoms with Crippen LogP contribution in [0.1, 0.15) is 50.7 Å². The van der Waals surface area contributed by atoms with E-state index >= 15 is 0 Å². The van der Waals surface area contributed by atoms with Crippen LogP contribution in [-0.4, -0.2) is 42.8 Å². The SMILES string of the molecule is CC(C)(C)CC(CNC(=O)[C@H]1C[C@H]1CNC(=O)OCC1c2ccccc2-c2ccccc21)C(=O)O. The fourth-order valence-corrected chi connectivity index (χ4v) is 5.00. The molecule has 0 bridgehead atoms. The molecule has 0 heterocycles. The molecule has 35 heavy (non-hydrogen) atoms. The average Bonchev–Trinajstić information content (AvgIpc) is 3.53. The van der Waals surface area contributed by atoms with Gasteiger partial charge >= 0.3 is 12.1 Å². The van der Waals surface area contributed by atoms with Crippen LogP contribution >= 0.6 is 0 Å². The molecule has 2 amide bonds. The van der Waals surface area contributed by atoms with Gasteiger partial charge in [-0.25, -0.2) is 4.79 Å². The lowest BCUT2D eigenvalue weighted by Gasteiger charge is -2.23. The summed E-state index contributed by atoms with van der Waals surface area (Å²) in [6.45, 7) is 6.68. The molecule has 0 aromatic heterocycles. The lowest BCUT2D eigenvalue weighted by atomic mass is 9.84. The Morgan fingerprint density at radius 1 is 1.00 bits per heavy atom. The first-order valence-corrected chi connectivity index (χ1v) is 12.2. The molecule has 0 aliphatic heterocycles. The van der Waals surface area contributed by atoms with E-state index in [1.54, 1.807) is 0 Å². The molecule has 7 heteroatoms. The summed E-state index contributed by atoms with van der Waals surface area (Å²) in [4.78, 5) is 36.3. The van der Waals surface area contributed by atoms with Gasteiger partial charge in [-0.1, -0.05) is 69.3 Å². The van der Waals surface area contributed by atoms with Crippen molar-refractivity contribution < 1.29 is 24.2 Å². The first-order chi connectivity index (χ1) is 16.6. The van der Waals surface area contributed by atoms with E-state index in [-0.39, 0.29) is 42.2 Å². The minimum Gasteiger partial charge on any atom is -0.481 e. The predicted octanol–water partition coefficient (Wildman–Crippen LogP) is 4.41. The number of fused-ring (bicyclic) bond motifs is 3. The molecular formula is C28H34N2O5. The summed E-state index contributed by atoms with van der Waals surface area (Å²) in [6.07, 6.45) is 0.668. The van der Waals surface area contributed by atoms with Gasteiger partial charge in [0.1, 0.15) is 6.61 Å². The van der Waals surface area contributed by atoms with Crippen LogP contribution in [0.2, 0.25) is 0 Å². The van der Waals surface area contributed by atoms with Gasteiger partial charge in [-0.2, -0.15) is 0 Å². The third-order valence-electron chi connectivity index (χ3n) is 6.84. The number of rotatable bonds is 9. The number of carbonyl (C=O) groups is 3. The van der Waals surface area contributed by atoms with Gasteiger partial charge in [-0.05, 0) is 46.4 Å². The van der Waals surface area contributed by atoms with Crippen molar-refractivity contribution in [2.75, 3.05) is 19.7 Å².